The third-order valence-corrected chi connectivity index (χ3v) is 3.31. The predicted molar refractivity (Wildman–Crippen MR) is 82.7 cm³/mol. The van der Waals surface area contributed by atoms with Crippen molar-refractivity contribution in [3.05, 3.63) is 45.5 Å². The van der Waals surface area contributed by atoms with E-state index in [0.717, 1.165) is 11.1 Å². The summed E-state index contributed by atoms with van der Waals surface area (Å²) >= 11 is 0. The van der Waals surface area contributed by atoms with Crippen LogP contribution in [0.2, 0.25) is 0 Å². The molecule has 116 valence electrons. The fourth-order valence-electron chi connectivity index (χ4n) is 2.10. The van der Waals surface area contributed by atoms with Crippen LogP contribution >= 0.6 is 0 Å². The van der Waals surface area contributed by atoms with Gasteiger partial charge in [0.15, 0.2) is 0 Å². The number of carbonyl (C=O) groups excluding carboxylic acids is 1. The first-order valence-electron chi connectivity index (χ1n) is 7.14. The highest BCUT2D eigenvalue weighted by Crippen LogP contribution is 2.26. The Balaban J connectivity index is 3.14. The van der Waals surface area contributed by atoms with Crippen molar-refractivity contribution in [3.8, 4) is 0 Å². The van der Waals surface area contributed by atoms with E-state index in [1.807, 2.05) is 38.1 Å². The maximum absolute atomic E-state index is 12.2. The molecule has 0 bridgehead atoms. The molecule has 1 N–H and O–H groups in total. The van der Waals surface area contributed by atoms with E-state index in [-0.39, 0.29) is 23.3 Å². The molecule has 1 aromatic carbocycles. The SMILES string of the molecule is CC(C)c1ccccc1C(C[N+](=O)[O-])NC(=O)C(C)(C)C. The third kappa shape index (κ3) is 4.85. The monoisotopic (exact) mass is 292 g/mol. The summed E-state index contributed by atoms with van der Waals surface area (Å²) in [6, 6.07) is 6.96. The van der Waals surface area contributed by atoms with Crippen molar-refractivity contribution in [1.82, 2.24) is 5.32 Å². The summed E-state index contributed by atoms with van der Waals surface area (Å²) in [5.41, 5.74) is 1.27. The van der Waals surface area contributed by atoms with Crippen molar-refractivity contribution < 1.29 is 9.72 Å². The first kappa shape index (κ1) is 17.1. The number of nitrogens with one attached hydrogen (secondary N) is 1. The average molecular weight is 292 g/mol. The van der Waals surface area contributed by atoms with Gasteiger partial charge in [0.2, 0.25) is 12.5 Å². The molecule has 0 aliphatic rings. The maximum atomic E-state index is 12.2. The Morgan fingerprint density at radius 2 is 1.76 bits per heavy atom. The van der Waals surface area contributed by atoms with Gasteiger partial charge in [-0.1, -0.05) is 58.9 Å². The largest absolute Gasteiger partial charge is 0.342 e. The summed E-state index contributed by atoms with van der Waals surface area (Å²) in [4.78, 5) is 22.7. The van der Waals surface area contributed by atoms with Gasteiger partial charge >= 0.3 is 0 Å². The highest BCUT2D eigenvalue weighted by Gasteiger charge is 2.28. The lowest BCUT2D eigenvalue weighted by Gasteiger charge is -2.24. The summed E-state index contributed by atoms with van der Waals surface area (Å²) in [5, 5.41) is 13.8. The first-order chi connectivity index (χ1) is 9.62. The Bertz CT molecular complexity index is 518. The second-order valence-electron chi connectivity index (χ2n) is 6.57. The molecule has 1 unspecified atom stereocenters. The third-order valence-electron chi connectivity index (χ3n) is 3.31. The van der Waals surface area contributed by atoms with Gasteiger partial charge in [0, 0.05) is 10.3 Å². The molecule has 5 nitrogen and oxygen atoms in total. The van der Waals surface area contributed by atoms with Crippen LogP contribution in [0.5, 0.6) is 0 Å². The van der Waals surface area contributed by atoms with E-state index in [0.29, 0.717) is 0 Å². The molecular weight excluding hydrogens is 268 g/mol. The van der Waals surface area contributed by atoms with Crippen LogP contribution < -0.4 is 5.32 Å². The van der Waals surface area contributed by atoms with Gasteiger partial charge in [0.1, 0.15) is 6.04 Å². The molecular formula is C16H24N2O3. The summed E-state index contributed by atoms with van der Waals surface area (Å²) in [6.07, 6.45) is 0. The van der Waals surface area contributed by atoms with Crippen molar-refractivity contribution in [2.75, 3.05) is 6.54 Å². The topological polar surface area (TPSA) is 72.2 Å². The fraction of sp³-hybridized carbons (Fsp3) is 0.562. The molecule has 1 amide bonds. The second kappa shape index (κ2) is 6.70. The van der Waals surface area contributed by atoms with Crippen LogP contribution in [-0.4, -0.2) is 17.4 Å². The number of hydrogen-bond donors (Lipinski definition) is 1. The molecule has 5 heteroatoms. The van der Waals surface area contributed by atoms with Crippen molar-refractivity contribution >= 4 is 5.91 Å². The van der Waals surface area contributed by atoms with Crippen molar-refractivity contribution in [3.63, 3.8) is 0 Å². The molecule has 0 heterocycles. The Hall–Kier alpha value is -1.91. The van der Waals surface area contributed by atoms with Crippen LogP contribution in [-0.2, 0) is 4.79 Å². The predicted octanol–water partition coefficient (Wildman–Crippen LogP) is 3.29. The van der Waals surface area contributed by atoms with E-state index in [1.165, 1.54) is 0 Å². The zero-order valence-electron chi connectivity index (χ0n) is 13.3. The Morgan fingerprint density at radius 1 is 1.24 bits per heavy atom. The van der Waals surface area contributed by atoms with Crippen LogP contribution in [0.25, 0.3) is 0 Å². The number of hydrogen-bond acceptors (Lipinski definition) is 3. The molecule has 0 aliphatic carbocycles. The number of nitro groups is 1. The van der Waals surface area contributed by atoms with Crippen molar-refractivity contribution in [2.24, 2.45) is 5.41 Å². The molecule has 0 saturated heterocycles. The van der Waals surface area contributed by atoms with Crippen molar-refractivity contribution in [2.45, 2.75) is 46.6 Å². The lowest BCUT2D eigenvalue weighted by Crippen LogP contribution is -2.40. The van der Waals surface area contributed by atoms with Gasteiger partial charge in [-0.05, 0) is 17.0 Å². The standard InChI is InChI=1S/C16H24N2O3/c1-11(2)12-8-6-7-9-13(12)14(10-18(20)21)17-15(19)16(3,4)5/h6-9,11,14H,10H2,1-5H3,(H,17,19). The molecule has 21 heavy (non-hydrogen) atoms. The Kier molecular flexibility index (Phi) is 5.47. The summed E-state index contributed by atoms with van der Waals surface area (Å²) in [5.74, 6) is 0.0508. The minimum absolute atomic E-state index is 0.187. The van der Waals surface area contributed by atoms with E-state index < -0.39 is 11.5 Å². The lowest BCUT2D eigenvalue weighted by atomic mass is 9.91. The average Bonchev–Trinajstić information content (AvgIpc) is 2.36. The minimum atomic E-state index is -0.606. The van der Waals surface area contributed by atoms with E-state index in [2.05, 4.69) is 5.32 Å². The Labute approximate surface area is 125 Å². The second-order valence-corrected chi connectivity index (χ2v) is 6.57. The van der Waals surface area contributed by atoms with Crippen molar-refractivity contribution in [1.29, 1.82) is 0 Å². The lowest BCUT2D eigenvalue weighted by molar-refractivity contribution is -0.484. The summed E-state index contributed by atoms with van der Waals surface area (Å²) in [6.45, 7) is 9.13. The van der Waals surface area contributed by atoms with Crippen LogP contribution in [0.15, 0.2) is 24.3 Å². The van der Waals surface area contributed by atoms with Gasteiger partial charge in [0.05, 0.1) is 0 Å². The summed E-state index contributed by atoms with van der Waals surface area (Å²) < 4.78 is 0. The van der Waals surface area contributed by atoms with E-state index in [1.54, 1.807) is 20.8 Å². The molecule has 0 saturated carbocycles. The molecule has 1 rings (SSSR count). The maximum Gasteiger partial charge on any atom is 0.227 e. The van der Waals surface area contributed by atoms with Gasteiger partial charge in [-0.3, -0.25) is 14.9 Å². The Morgan fingerprint density at radius 3 is 2.19 bits per heavy atom. The normalized spacial score (nSPS) is 13.0. The molecule has 0 spiro atoms. The van der Waals surface area contributed by atoms with Gasteiger partial charge in [0.25, 0.3) is 0 Å². The van der Waals surface area contributed by atoms with E-state index in [9.17, 15) is 14.9 Å². The van der Waals surface area contributed by atoms with Gasteiger partial charge in [-0.25, -0.2) is 0 Å². The van der Waals surface area contributed by atoms with Crippen LogP contribution in [0.4, 0.5) is 0 Å². The molecule has 1 atom stereocenters. The molecule has 0 radical (unpaired) electrons. The van der Waals surface area contributed by atoms with Crippen LogP contribution in [0.3, 0.4) is 0 Å². The number of benzene rings is 1. The number of rotatable bonds is 5. The number of amides is 1. The molecule has 1 aromatic rings. The quantitative estimate of drug-likeness (QED) is 0.668. The smallest absolute Gasteiger partial charge is 0.227 e. The summed E-state index contributed by atoms with van der Waals surface area (Å²) in [7, 11) is 0. The number of nitrogens with zero attached hydrogens (tertiary/aromatic N) is 1. The number of carbonyl (C=O) groups is 1. The highest BCUT2D eigenvalue weighted by molar-refractivity contribution is 5.81. The molecule has 0 aromatic heterocycles. The highest BCUT2D eigenvalue weighted by atomic mass is 16.6. The molecule has 0 aliphatic heterocycles. The van der Waals surface area contributed by atoms with Crippen LogP contribution in [0.1, 0.15) is 57.7 Å². The van der Waals surface area contributed by atoms with E-state index >= 15 is 0 Å². The first-order valence-corrected chi connectivity index (χ1v) is 7.14. The van der Waals surface area contributed by atoms with Gasteiger partial charge in [-0.15, -0.1) is 0 Å². The van der Waals surface area contributed by atoms with Gasteiger partial charge < -0.3 is 5.32 Å². The minimum Gasteiger partial charge on any atom is -0.342 e. The molecule has 0 fully saturated rings. The fourth-order valence-corrected chi connectivity index (χ4v) is 2.10. The zero-order valence-corrected chi connectivity index (χ0v) is 13.3. The van der Waals surface area contributed by atoms with E-state index in [4.69, 9.17) is 0 Å². The van der Waals surface area contributed by atoms with Crippen LogP contribution in [0, 0.1) is 15.5 Å². The zero-order chi connectivity index (χ0) is 16.2. The van der Waals surface area contributed by atoms with Gasteiger partial charge in [-0.2, -0.15) is 0 Å².